The van der Waals surface area contributed by atoms with Gasteiger partial charge in [0.1, 0.15) is 11.4 Å². The molecule has 4 rings (SSSR count). The highest BCUT2D eigenvalue weighted by molar-refractivity contribution is 5.73. The van der Waals surface area contributed by atoms with Crippen LogP contribution in [0.3, 0.4) is 0 Å². The van der Waals surface area contributed by atoms with Crippen LogP contribution in [0.2, 0.25) is 0 Å². The Balaban J connectivity index is 1.55. The van der Waals surface area contributed by atoms with Crippen molar-refractivity contribution in [2.24, 2.45) is 0 Å². The molecule has 2 aromatic heterocycles. The summed E-state index contributed by atoms with van der Waals surface area (Å²) < 4.78 is 0. The number of phenolic OH excluding ortho intramolecular Hbond substituents is 1. The third-order valence-electron chi connectivity index (χ3n) is 4.89. The van der Waals surface area contributed by atoms with Crippen molar-refractivity contribution < 1.29 is 5.11 Å². The number of aromatic nitrogens is 5. The van der Waals surface area contributed by atoms with Crippen LogP contribution in [0.1, 0.15) is 20.3 Å². The molecule has 8 heteroatoms. The van der Waals surface area contributed by atoms with Crippen molar-refractivity contribution >= 4 is 5.95 Å². The van der Waals surface area contributed by atoms with Crippen LogP contribution in [-0.4, -0.2) is 55.7 Å². The summed E-state index contributed by atoms with van der Waals surface area (Å²) in [6.45, 7) is 6.05. The van der Waals surface area contributed by atoms with Crippen LogP contribution in [0.4, 0.5) is 5.95 Å². The lowest BCUT2D eigenvalue weighted by atomic mass is 10.0. The zero-order valence-electron chi connectivity index (χ0n) is 15.4. The number of nitrogens with zero attached hydrogens (tertiary/aromatic N) is 5. The van der Waals surface area contributed by atoms with Crippen LogP contribution >= 0.6 is 0 Å². The molecule has 2 atom stereocenters. The molecule has 140 valence electrons. The molecule has 3 aromatic rings. The van der Waals surface area contributed by atoms with Gasteiger partial charge in [-0.1, -0.05) is 13.0 Å². The molecular weight excluding hydrogens is 342 g/mol. The fourth-order valence-electron chi connectivity index (χ4n) is 3.46. The molecule has 0 unspecified atom stereocenters. The fraction of sp³-hybridized carbons (Fsp3) is 0.368. The van der Waals surface area contributed by atoms with E-state index in [-0.39, 0.29) is 5.75 Å². The van der Waals surface area contributed by atoms with Crippen LogP contribution < -0.4 is 10.2 Å². The number of anilines is 1. The third kappa shape index (κ3) is 3.61. The fourth-order valence-corrected chi connectivity index (χ4v) is 3.46. The smallest absolute Gasteiger partial charge is 0.245 e. The molecule has 1 saturated heterocycles. The zero-order valence-corrected chi connectivity index (χ0v) is 15.4. The quantitative estimate of drug-likeness (QED) is 0.651. The minimum atomic E-state index is 0.138. The largest absolute Gasteiger partial charge is 0.507 e. The maximum Gasteiger partial charge on any atom is 0.245 e. The SMILES string of the molecule is CC[C@H]1CN(c2ncc(-c3ccc(-c4cn[nH]c4)cc3O)nn2)C[C@@H](C)N1. The summed E-state index contributed by atoms with van der Waals surface area (Å²) >= 11 is 0. The van der Waals surface area contributed by atoms with Gasteiger partial charge in [0.15, 0.2) is 0 Å². The first kappa shape index (κ1) is 17.4. The van der Waals surface area contributed by atoms with Gasteiger partial charge in [-0.2, -0.15) is 5.10 Å². The Kier molecular flexibility index (Phi) is 4.72. The van der Waals surface area contributed by atoms with Crippen molar-refractivity contribution in [1.82, 2.24) is 30.7 Å². The van der Waals surface area contributed by atoms with Gasteiger partial charge in [0.2, 0.25) is 5.95 Å². The van der Waals surface area contributed by atoms with Gasteiger partial charge >= 0.3 is 0 Å². The number of nitrogens with one attached hydrogen (secondary N) is 2. The normalized spacial score (nSPS) is 20.0. The van der Waals surface area contributed by atoms with E-state index in [1.165, 1.54) is 0 Å². The van der Waals surface area contributed by atoms with Crippen molar-refractivity contribution in [1.29, 1.82) is 0 Å². The molecular formula is C19H23N7O. The van der Waals surface area contributed by atoms with Gasteiger partial charge in [-0.25, -0.2) is 4.98 Å². The molecule has 1 aromatic carbocycles. The van der Waals surface area contributed by atoms with E-state index >= 15 is 0 Å². The predicted molar refractivity (Wildman–Crippen MR) is 103 cm³/mol. The van der Waals surface area contributed by atoms with Gasteiger partial charge in [0, 0.05) is 42.5 Å². The highest BCUT2D eigenvalue weighted by Gasteiger charge is 2.24. The molecule has 8 nitrogen and oxygen atoms in total. The second-order valence-corrected chi connectivity index (χ2v) is 6.94. The number of benzene rings is 1. The van der Waals surface area contributed by atoms with E-state index in [1.807, 2.05) is 12.1 Å². The summed E-state index contributed by atoms with van der Waals surface area (Å²) in [5.74, 6) is 0.763. The molecule has 0 radical (unpaired) electrons. The van der Waals surface area contributed by atoms with Crippen LogP contribution in [0.25, 0.3) is 22.4 Å². The molecule has 0 spiro atoms. The van der Waals surface area contributed by atoms with Gasteiger partial charge in [-0.15, -0.1) is 10.2 Å². The van der Waals surface area contributed by atoms with E-state index in [2.05, 4.69) is 49.4 Å². The Morgan fingerprint density at radius 2 is 2.07 bits per heavy atom. The van der Waals surface area contributed by atoms with E-state index in [4.69, 9.17) is 0 Å². The van der Waals surface area contributed by atoms with E-state index in [0.29, 0.717) is 29.3 Å². The first-order valence-corrected chi connectivity index (χ1v) is 9.17. The van der Waals surface area contributed by atoms with Crippen molar-refractivity contribution in [3.8, 4) is 28.1 Å². The summed E-state index contributed by atoms with van der Waals surface area (Å²) in [5, 5.41) is 29.3. The molecule has 27 heavy (non-hydrogen) atoms. The molecule has 0 bridgehead atoms. The molecule has 1 aliphatic rings. The first-order chi connectivity index (χ1) is 13.1. The van der Waals surface area contributed by atoms with Crippen molar-refractivity contribution in [2.75, 3.05) is 18.0 Å². The molecule has 0 amide bonds. The average molecular weight is 365 g/mol. The number of aromatic hydroxyl groups is 1. The Morgan fingerprint density at radius 1 is 1.19 bits per heavy atom. The van der Waals surface area contributed by atoms with E-state index in [9.17, 15) is 5.11 Å². The molecule has 3 heterocycles. The Morgan fingerprint density at radius 3 is 2.74 bits per heavy atom. The summed E-state index contributed by atoms with van der Waals surface area (Å²) in [7, 11) is 0. The maximum absolute atomic E-state index is 10.4. The topological polar surface area (TPSA) is 103 Å². The standard InChI is InChI=1S/C19H23N7O/c1-3-15-11-26(10-12(2)23-15)19-20-9-17(24-25-19)16-5-4-13(6-18(16)27)14-7-21-22-8-14/h4-9,12,15,23,27H,3,10-11H2,1-2H3,(H,21,22)/t12-,15+/m1/s1. The Bertz CT molecular complexity index is 895. The minimum Gasteiger partial charge on any atom is -0.507 e. The highest BCUT2D eigenvalue weighted by atomic mass is 16.3. The molecule has 0 aliphatic carbocycles. The lowest BCUT2D eigenvalue weighted by Gasteiger charge is -2.37. The van der Waals surface area contributed by atoms with E-state index in [1.54, 1.807) is 24.7 Å². The molecule has 1 aliphatic heterocycles. The van der Waals surface area contributed by atoms with Gasteiger partial charge in [-0.3, -0.25) is 5.10 Å². The van der Waals surface area contributed by atoms with Crippen molar-refractivity contribution in [3.63, 3.8) is 0 Å². The van der Waals surface area contributed by atoms with Crippen LogP contribution in [0, 0.1) is 0 Å². The summed E-state index contributed by atoms with van der Waals surface area (Å²) in [6, 6.07) is 6.24. The second-order valence-electron chi connectivity index (χ2n) is 6.94. The number of hydrogen-bond donors (Lipinski definition) is 3. The Labute approximate surface area is 157 Å². The monoisotopic (exact) mass is 365 g/mol. The Hall–Kier alpha value is -3.00. The van der Waals surface area contributed by atoms with Gasteiger partial charge in [-0.05, 0) is 31.0 Å². The van der Waals surface area contributed by atoms with Gasteiger partial charge in [0.25, 0.3) is 0 Å². The molecule has 1 fully saturated rings. The molecule has 0 saturated carbocycles. The maximum atomic E-state index is 10.4. The number of phenols is 1. The highest BCUT2D eigenvalue weighted by Crippen LogP contribution is 2.31. The lowest BCUT2D eigenvalue weighted by molar-refractivity contribution is 0.376. The van der Waals surface area contributed by atoms with Crippen LogP contribution in [-0.2, 0) is 0 Å². The number of aromatic amines is 1. The van der Waals surface area contributed by atoms with Gasteiger partial charge in [0.05, 0.1) is 12.4 Å². The van der Waals surface area contributed by atoms with Crippen molar-refractivity contribution in [3.05, 3.63) is 36.8 Å². The number of rotatable bonds is 4. The third-order valence-corrected chi connectivity index (χ3v) is 4.89. The lowest BCUT2D eigenvalue weighted by Crippen LogP contribution is -2.55. The average Bonchev–Trinajstić information content (AvgIpc) is 3.22. The molecule has 3 N–H and O–H groups in total. The summed E-state index contributed by atoms with van der Waals surface area (Å²) in [6.07, 6.45) is 6.22. The predicted octanol–water partition coefficient (Wildman–Crippen LogP) is 2.21. The van der Waals surface area contributed by atoms with Gasteiger partial charge < -0.3 is 15.3 Å². The summed E-state index contributed by atoms with van der Waals surface area (Å²) in [5.41, 5.74) is 2.94. The second kappa shape index (κ2) is 7.32. The van der Waals surface area contributed by atoms with Crippen molar-refractivity contribution in [2.45, 2.75) is 32.4 Å². The van der Waals surface area contributed by atoms with E-state index in [0.717, 1.165) is 30.6 Å². The number of piperazine rings is 1. The van der Waals surface area contributed by atoms with Crippen LogP contribution in [0.5, 0.6) is 5.75 Å². The summed E-state index contributed by atoms with van der Waals surface area (Å²) in [4.78, 5) is 6.65. The number of H-pyrrole nitrogens is 1. The number of hydrogen-bond acceptors (Lipinski definition) is 7. The van der Waals surface area contributed by atoms with E-state index < -0.39 is 0 Å². The minimum absolute atomic E-state index is 0.138. The zero-order chi connectivity index (χ0) is 18.8. The van der Waals surface area contributed by atoms with Crippen LogP contribution in [0.15, 0.2) is 36.8 Å². The first-order valence-electron chi connectivity index (χ1n) is 9.17.